The molecule has 0 atom stereocenters. The van der Waals surface area contributed by atoms with E-state index in [0.29, 0.717) is 0 Å². The Morgan fingerprint density at radius 2 is 1.40 bits per heavy atom. The van der Waals surface area contributed by atoms with Gasteiger partial charge in [0.15, 0.2) is 0 Å². The summed E-state index contributed by atoms with van der Waals surface area (Å²) < 4.78 is 0. The maximum atomic E-state index is 10.1. The van der Waals surface area contributed by atoms with E-state index in [2.05, 4.69) is 0 Å². The van der Waals surface area contributed by atoms with Crippen molar-refractivity contribution in [2.75, 3.05) is 0 Å². The van der Waals surface area contributed by atoms with Gasteiger partial charge in [-0.2, -0.15) is 0 Å². The summed E-state index contributed by atoms with van der Waals surface area (Å²) in [5, 5.41) is 10.1. The van der Waals surface area contributed by atoms with Crippen molar-refractivity contribution < 1.29 is 5.11 Å². The monoisotopic (exact) mass is 210 g/mol. The van der Waals surface area contributed by atoms with E-state index >= 15 is 0 Å². The van der Waals surface area contributed by atoms with Gasteiger partial charge in [0.05, 0.1) is 5.60 Å². The molecule has 0 bridgehead atoms. The molecule has 1 heteroatoms. The fourth-order valence-electron chi connectivity index (χ4n) is 1.41. The summed E-state index contributed by atoms with van der Waals surface area (Å²) in [6.45, 7) is 8.02. The molecule has 0 aliphatic rings. The first-order chi connectivity index (χ1) is 6.73. The molecule has 0 spiro atoms. The first-order valence-electron chi connectivity index (χ1n) is 5.51. The Kier molecular flexibility index (Phi) is 9.39. The van der Waals surface area contributed by atoms with E-state index < -0.39 is 5.60 Å². The van der Waals surface area contributed by atoms with Gasteiger partial charge < -0.3 is 5.11 Å². The van der Waals surface area contributed by atoms with E-state index in [1.165, 1.54) is 0 Å². The van der Waals surface area contributed by atoms with E-state index in [1.807, 2.05) is 58.0 Å². The van der Waals surface area contributed by atoms with Gasteiger partial charge in [0.1, 0.15) is 0 Å². The van der Waals surface area contributed by atoms with Gasteiger partial charge in [0.2, 0.25) is 0 Å². The molecular formula is C14H26O. The van der Waals surface area contributed by atoms with E-state index in [4.69, 9.17) is 0 Å². The number of aliphatic hydroxyl groups is 1. The molecule has 0 aliphatic heterocycles. The SMILES string of the molecule is C.CC.CCC(O)(CC)c1ccccc1. The summed E-state index contributed by atoms with van der Waals surface area (Å²) in [6.07, 6.45) is 1.54. The fraction of sp³-hybridized carbons (Fsp3) is 0.571. The third kappa shape index (κ3) is 4.48. The molecule has 0 unspecified atom stereocenters. The van der Waals surface area contributed by atoms with Crippen LogP contribution in [0.15, 0.2) is 30.3 Å². The second kappa shape index (κ2) is 8.49. The molecule has 1 nitrogen and oxygen atoms in total. The van der Waals surface area contributed by atoms with Crippen LogP contribution in [0.2, 0.25) is 0 Å². The number of benzene rings is 1. The van der Waals surface area contributed by atoms with Crippen LogP contribution >= 0.6 is 0 Å². The van der Waals surface area contributed by atoms with Gasteiger partial charge in [0.25, 0.3) is 0 Å². The highest BCUT2D eigenvalue weighted by atomic mass is 16.3. The lowest BCUT2D eigenvalue weighted by Crippen LogP contribution is -2.23. The Bertz CT molecular complexity index is 224. The van der Waals surface area contributed by atoms with Crippen molar-refractivity contribution in [1.29, 1.82) is 0 Å². The second-order valence-corrected chi connectivity index (χ2v) is 3.10. The molecule has 15 heavy (non-hydrogen) atoms. The van der Waals surface area contributed by atoms with Crippen LogP contribution < -0.4 is 0 Å². The zero-order valence-corrected chi connectivity index (χ0v) is 9.75. The molecule has 0 aromatic heterocycles. The van der Waals surface area contributed by atoms with Gasteiger partial charge in [-0.3, -0.25) is 0 Å². The minimum absolute atomic E-state index is 0. The van der Waals surface area contributed by atoms with E-state index in [0.717, 1.165) is 18.4 Å². The third-order valence-electron chi connectivity index (χ3n) is 2.48. The normalized spacial score (nSPS) is 9.67. The molecule has 1 aromatic carbocycles. The van der Waals surface area contributed by atoms with Crippen molar-refractivity contribution in [3.05, 3.63) is 35.9 Å². The summed E-state index contributed by atoms with van der Waals surface area (Å²) >= 11 is 0. The van der Waals surface area contributed by atoms with Gasteiger partial charge in [-0.05, 0) is 18.4 Å². The Morgan fingerprint density at radius 3 is 1.73 bits per heavy atom. The van der Waals surface area contributed by atoms with Crippen molar-refractivity contribution in [1.82, 2.24) is 0 Å². The molecule has 1 rings (SSSR count). The molecule has 0 aliphatic carbocycles. The highest BCUT2D eigenvalue weighted by Crippen LogP contribution is 2.27. The van der Waals surface area contributed by atoms with Crippen molar-refractivity contribution in [3.8, 4) is 0 Å². The molecule has 1 N–H and O–H groups in total. The zero-order chi connectivity index (χ0) is 11.0. The van der Waals surface area contributed by atoms with Crippen LogP contribution in [0.4, 0.5) is 0 Å². The summed E-state index contributed by atoms with van der Waals surface area (Å²) in [4.78, 5) is 0. The largest absolute Gasteiger partial charge is 0.385 e. The smallest absolute Gasteiger partial charge is 0.0891 e. The Balaban J connectivity index is 0. The van der Waals surface area contributed by atoms with Gasteiger partial charge in [-0.25, -0.2) is 0 Å². The van der Waals surface area contributed by atoms with Crippen LogP contribution in [-0.2, 0) is 5.60 Å². The predicted octanol–water partition coefficient (Wildman–Crippen LogP) is 4.36. The number of hydrogen-bond donors (Lipinski definition) is 1. The molecule has 0 amide bonds. The van der Waals surface area contributed by atoms with Crippen LogP contribution in [0.25, 0.3) is 0 Å². The van der Waals surface area contributed by atoms with Crippen LogP contribution in [0, 0.1) is 0 Å². The molecule has 0 saturated heterocycles. The average Bonchev–Trinajstić information content (AvgIpc) is 2.32. The highest BCUT2D eigenvalue weighted by Gasteiger charge is 2.23. The lowest BCUT2D eigenvalue weighted by Gasteiger charge is -2.25. The highest BCUT2D eigenvalue weighted by molar-refractivity contribution is 5.21. The van der Waals surface area contributed by atoms with E-state index in [-0.39, 0.29) is 7.43 Å². The quantitative estimate of drug-likeness (QED) is 0.786. The first-order valence-corrected chi connectivity index (χ1v) is 5.51. The van der Waals surface area contributed by atoms with Crippen molar-refractivity contribution in [2.45, 2.75) is 53.6 Å². The summed E-state index contributed by atoms with van der Waals surface area (Å²) in [7, 11) is 0. The van der Waals surface area contributed by atoms with Gasteiger partial charge in [-0.15, -0.1) is 0 Å². The summed E-state index contributed by atoms with van der Waals surface area (Å²) in [5.41, 5.74) is 0.399. The molecule has 88 valence electrons. The van der Waals surface area contributed by atoms with Crippen molar-refractivity contribution in [2.24, 2.45) is 0 Å². The second-order valence-electron chi connectivity index (χ2n) is 3.10. The molecule has 1 aromatic rings. The molecule has 0 saturated carbocycles. The first kappa shape index (κ1) is 16.6. The molecule has 0 radical (unpaired) electrons. The number of hydrogen-bond acceptors (Lipinski definition) is 1. The summed E-state index contributed by atoms with van der Waals surface area (Å²) in [5.74, 6) is 0. The zero-order valence-electron chi connectivity index (χ0n) is 9.75. The Labute approximate surface area is 95.2 Å². The fourth-order valence-corrected chi connectivity index (χ4v) is 1.41. The van der Waals surface area contributed by atoms with Crippen molar-refractivity contribution >= 4 is 0 Å². The van der Waals surface area contributed by atoms with Crippen LogP contribution in [0.1, 0.15) is 53.5 Å². The molecule has 0 heterocycles. The predicted molar refractivity (Wildman–Crippen MR) is 69.0 cm³/mol. The third-order valence-corrected chi connectivity index (χ3v) is 2.48. The number of rotatable bonds is 3. The maximum Gasteiger partial charge on any atom is 0.0891 e. The van der Waals surface area contributed by atoms with E-state index in [1.54, 1.807) is 0 Å². The lowest BCUT2D eigenvalue weighted by atomic mass is 9.89. The van der Waals surface area contributed by atoms with Crippen LogP contribution in [-0.4, -0.2) is 5.11 Å². The lowest BCUT2D eigenvalue weighted by molar-refractivity contribution is 0.0284. The van der Waals surface area contributed by atoms with Gasteiger partial charge in [0, 0.05) is 0 Å². The maximum absolute atomic E-state index is 10.1. The minimum atomic E-state index is -0.624. The van der Waals surface area contributed by atoms with Crippen molar-refractivity contribution in [3.63, 3.8) is 0 Å². The minimum Gasteiger partial charge on any atom is -0.385 e. The average molecular weight is 210 g/mol. The Morgan fingerprint density at radius 1 is 1.00 bits per heavy atom. The Hall–Kier alpha value is -0.820. The van der Waals surface area contributed by atoms with Crippen LogP contribution in [0.5, 0.6) is 0 Å². The standard InChI is InChI=1S/C11H16O.C2H6.CH4/c1-3-11(12,4-2)10-8-6-5-7-9-10;1-2;/h5-9,12H,3-4H2,1-2H3;1-2H3;1H4. The van der Waals surface area contributed by atoms with Gasteiger partial charge >= 0.3 is 0 Å². The van der Waals surface area contributed by atoms with Gasteiger partial charge in [-0.1, -0.05) is 65.5 Å². The molecular weight excluding hydrogens is 184 g/mol. The van der Waals surface area contributed by atoms with E-state index in [9.17, 15) is 5.11 Å². The summed E-state index contributed by atoms with van der Waals surface area (Å²) in [6, 6.07) is 9.85. The topological polar surface area (TPSA) is 20.2 Å². The van der Waals surface area contributed by atoms with Crippen LogP contribution in [0.3, 0.4) is 0 Å². The molecule has 0 fully saturated rings.